The van der Waals surface area contributed by atoms with E-state index in [1.165, 1.54) is 11.3 Å². The van der Waals surface area contributed by atoms with Crippen LogP contribution in [0, 0.1) is 0 Å². The lowest BCUT2D eigenvalue weighted by atomic mass is 10.0. The van der Waals surface area contributed by atoms with E-state index < -0.39 is 11.1 Å². The Labute approximate surface area is 148 Å². The molecule has 4 nitrogen and oxygen atoms in total. The van der Waals surface area contributed by atoms with Gasteiger partial charge in [0.1, 0.15) is 9.04 Å². The quantitative estimate of drug-likeness (QED) is 0.504. The van der Waals surface area contributed by atoms with Gasteiger partial charge in [0.15, 0.2) is 11.1 Å². The number of hydrogen-bond acceptors (Lipinski definition) is 5. The van der Waals surface area contributed by atoms with Gasteiger partial charge in [0.25, 0.3) is 0 Å². The summed E-state index contributed by atoms with van der Waals surface area (Å²) in [5, 5.41) is 2.74. The van der Waals surface area contributed by atoms with E-state index in [0.29, 0.717) is 10.5 Å². The van der Waals surface area contributed by atoms with Gasteiger partial charge in [-0.2, -0.15) is 0 Å². The third kappa shape index (κ3) is 2.55. The molecule has 3 heterocycles. The number of nitrogen functional groups attached to an aromatic ring is 1. The molecule has 7 heteroatoms. The van der Waals surface area contributed by atoms with Crippen LogP contribution in [0.15, 0.2) is 58.1 Å². The van der Waals surface area contributed by atoms with E-state index >= 15 is 0 Å². The van der Waals surface area contributed by atoms with Crippen molar-refractivity contribution in [1.29, 1.82) is 0 Å². The Kier molecular flexibility index (Phi) is 3.93. The SMILES string of the molecule is Nc1c(S(=O)O)sc2nc(-c3cccs3)cc(-c3ccccc3)c12. The largest absolute Gasteiger partial charge is 0.396 e. The minimum atomic E-state index is -2.13. The van der Waals surface area contributed by atoms with Gasteiger partial charge in [-0.25, -0.2) is 9.19 Å². The zero-order valence-corrected chi connectivity index (χ0v) is 14.8. The highest BCUT2D eigenvalue weighted by atomic mass is 32.2. The first-order chi connectivity index (χ1) is 11.6. The van der Waals surface area contributed by atoms with Crippen molar-refractivity contribution in [3.05, 3.63) is 53.9 Å². The second-order valence-corrected chi connectivity index (χ2v) is 8.24. The Morgan fingerprint density at radius 1 is 1.12 bits per heavy atom. The fourth-order valence-corrected chi connectivity index (χ4v) is 4.98. The Bertz CT molecular complexity index is 1040. The summed E-state index contributed by atoms with van der Waals surface area (Å²) in [6, 6.07) is 15.9. The molecule has 0 bridgehead atoms. The molecule has 0 spiro atoms. The maximum absolute atomic E-state index is 11.6. The molecule has 24 heavy (non-hydrogen) atoms. The smallest absolute Gasteiger partial charge is 0.199 e. The number of fused-ring (bicyclic) bond motifs is 1. The average molecular weight is 372 g/mol. The van der Waals surface area contributed by atoms with Gasteiger partial charge in [-0.15, -0.1) is 22.7 Å². The standard InChI is InChI=1S/C17H12N2O2S3/c18-15-14-11(10-5-2-1-3-6-10)9-12(13-7-4-8-22-13)19-16(14)23-17(15)24(20)21/h1-9H,18H2,(H,20,21). The zero-order chi connectivity index (χ0) is 16.7. The normalized spacial score (nSPS) is 12.5. The monoisotopic (exact) mass is 372 g/mol. The topological polar surface area (TPSA) is 76.2 Å². The lowest BCUT2D eigenvalue weighted by Crippen LogP contribution is -1.93. The summed E-state index contributed by atoms with van der Waals surface area (Å²) in [5.74, 6) is 0. The molecule has 0 saturated carbocycles. The van der Waals surface area contributed by atoms with Gasteiger partial charge in [-0.1, -0.05) is 36.4 Å². The van der Waals surface area contributed by atoms with Gasteiger partial charge in [-0.05, 0) is 28.6 Å². The summed E-state index contributed by atoms with van der Waals surface area (Å²) in [6.45, 7) is 0. The van der Waals surface area contributed by atoms with Crippen LogP contribution in [-0.2, 0) is 11.1 Å². The maximum Gasteiger partial charge on any atom is 0.199 e. The first-order valence-corrected chi connectivity index (χ1v) is 9.88. The fraction of sp³-hybridized carbons (Fsp3) is 0. The summed E-state index contributed by atoms with van der Waals surface area (Å²) in [5.41, 5.74) is 9.27. The minimum Gasteiger partial charge on any atom is -0.396 e. The van der Waals surface area contributed by atoms with Gasteiger partial charge in [0.2, 0.25) is 0 Å². The third-order valence-corrected chi connectivity index (χ3v) is 6.68. The predicted molar refractivity (Wildman–Crippen MR) is 102 cm³/mol. The van der Waals surface area contributed by atoms with Gasteiger partial charge in [0.05, 0.1) is 16.3 Å². The van der Waals surface area contributed by atoms with Crippen LogP contribution in [0.25, 0.3) is 31.9 Å². The first kappa shape index (κ1) is 15.5. The van der Waals surface area contributed by atoms with Crippen molar-refractivity contribution in [3.63, 3.8) is 0 Å². The summed E-state index contributed by atoms with van der Waals surface area (Å²) in [4.78, 5) is 6.40. The summed E-state index contributed by atoms with van der Waals surface area (Å²) >= 11 is 0.653. The van der Waals surface area contributed by atoms with Crippen molar-refractivity contribution in [1.82, 2.24) is 4.98 Å². The van der Waals surface area contributed by atoms with Crippen molar-refractivity contribution in [2.75, 3.05) is 5.73 Å². The van der Waals surface area contributed by atoms with Crippen molar-refractivity contribution in [2.24, 2.45) is 0 Å². The van der Waals surface area contributed by atoms with E-state index in [9.17, 15) is 8.76 Å². The fourth-order valence-electron chi connectivity index (χ4n) is 2.63. The molecule has 0 aliphatic rings. The molecule has 4 aromatic rings. The molecule has 3 aromatic heterocycles. The van der Waals surface area contributed by atoms with Crippen molar-refractivity contribution >= 4 is 49.7 Å². The lowest BCUT2D eigenvalue weighted by molar-refractivity contribution is 0.567. The molecule has 1 aromatic carbocycles. The molecule has 0 amide bonds. The molecule has 0 fully saturated rings. The molecule has 3 N–H and O–H groups in total. The van der Waals surface area contributed by atoms with Crippen LogP contribution in [-0.4, -0.2) is 13.7 Å². The van der Waals surface area contributed by atoms with E-state index in [4.69, 9.17) is 5.73 Å². The number of hydrogen-bond donors (Lipinski definition) is 2. The number of pyridine rings is 1. The Morgan fingerprint density at radius 3 is 2.58 bits per heavy atom. The number of rotatable bonds is 3. The number of nitrogens with zero attached hydrogens (tertiary/aromatic N) is 1. The summed E-state index contributed by atoms with van der Waals surface area (Å²) < 4.78 is 21.3. The zero-order valence-electron chi connectivity index (χ0n) is 12.3. The Morgan fingerprint density at radius 2 is 1.92 bits per heavy atom. The second kappa shape index (κ2) is 6.10. The van der Waals surface area contributed by atoms with Crippen LogP contribution in [0.4, 0.5) is 5.69 Å². The summed E-state index contributed by atoms with van der Waals surface area (Å²) in [7, 11) is 0. The maximum atomic E-state index is 11.6. The molecular formula is C17H12N2O2S3. The van der Waals surface area contributed by atoms with E-state index in [2.05, 4.69) is 4.98 Å². The Balaban J connectivity index is 2.08. The van der Waals surface area contributed by atoms with Gasteiger partial charge in [0, 0.05) is 5.39 Å². The van der Waals surface area contributed by atoms with E-state index in [-0.39, 0.29) is 4.21 Å². The molecule has 4 rings (SSSR count). The molecule has 0 aliphatic heterocycles. The molecule has 0 radical (unpaired) electrons. The van der Waals surface area contributed by atoms with E-state index in [1.807, 2.05) is 53.9 Å². The van der Waals surface area contributed by atoms with Crippen LogP contribution >= 0.6 is 22.7 Å². The number of nitrogens with two attached hydrogens (primary N) is 1. The van der Waals surface area contributed by atoms with Crippen LogP contribution in [0.1, 0.15) is 0 Å². The van der Waals surface area contributed by atoms with Crippen molar-refractivity contribution < 1.29 is 8.76 Å². The van der Waals surface area contributed by atoms with Crippen LogP contribution < -0.4 is 5.73 Å². The number of aromatic nitrogens is 1. The lowest BCUT2D eigenvalue weighted by Gasteiger charge is -2.07. The van der Waals surface area contributed by atoms with E-state index in [1.54, 1.807) is 11.3 Å². The molecule has 0 saturated heterocycles. The number of benzene rings is 1. The van der Waals surface area contributed by atoms with Crippen molar-refractivity contribution in [2.45, 2.75) is 4.21 Å². The van der Waals surface area contributed by atoms with Crippen molar-refractivity contribution in [3.8, 4) is 21.7 Å². The van der Waals surface area contributed by atoms with Crippen LogP contribution in [0.3, 0.4) is 0 Å². The number of thiophene rings is 2. The van der Waals surface area contributed by atoms with Gasteiger partial charge < -0.3 is 10.3 Å². The van der Waals surface area contributed by atoms with Gasteiger partial charge >= 0.3 is 0 Å². The first-order valence-electron chi connectivity index (χ1n) is 7.08. The third-order valence-electron chi connectivity index (χ3n) is 3.68. The molecule has 120 valence electrons. The molecule has 1 unspecified atom stereocenters. The highest BCUT2D eigenvalue weighted by molar-refractivity contribution is 7.82. The molecular weight excluding hydrogens is 360 g/mol. The van der Waals surface area contributed by atoms with Gasteiger partial charge in [-0.3, -0.25) is 0 Å². The highest BCUT2D eigenvalue weighted by Crippen LogP contribution is 2.42. The Hall–Kier alpha value is -2.06. The number of anilines is 1. The summed E-state index contributed by atoms with van der Waals surface area (Å²) in [6.07, 6.45) is 0. The predicted octanol–water partition coefficient (Wildman–Crippen LogP) is 4.85. The van der Waals surface area contributed by atoms with Crippen LogP contribution in [0.2, 0.25) is 0 Å². The van der Waals surface area contributed by atoms with E-state index in [0.717, 1.165) is 27.1 Å². The minimum absolute atomic E-state index is 0.248. The highest BCUT2D eigenvalue weighted by Gasteiger charge is 2.20. The second-order valence-electron chi connectivity index (χ2n) is 5.13. The van der Waals surface area contributed by atoms with Crippen LogP contribution in [0.5, 0.6) is 0 Å². The average Bonchev–Trinajstić information content (AvgIpc) is 3.23. The molecule has 1 atom stereocenters. The molecule has 0 aliphatic carbocycles.